The van der Waals surface area contributed by atoms with Crippen molar-refractivity contribution in [3.05, 3.63) is 26.6 Å². The van der Waals surface area contributed by atoms with Crippen LogP contribution in [-0.2, 0) is 12.7 Å². The fourth-order valence-corrected chi connectivity index (χ4v) is 1.81. The van der Waals surface area contributed by atoms with Gasteiger partial charge in [-0.2, -0.15) is 13.2 Å². The van der Waals surface area contributed by atoms with Gasteiger partial charge in [0, 0.05) is 6.54 Å². The van der Waals surface area contributed by atoms with Crippen molar-refractivity contribution in [3.63, 3.8) is 0 Å². The van der Waals surface area contributed by atoms with Gasteiger partial charge in [0.15, 0.2) is 0 Å². The number of aromatic nitrogens is 1. The van der Waals surface area contributed by atoms with Crippen molar-refractivity contribution >= 4 is 22.6 Å². The zero-order valence-electron chi connectivity index (χ0n) is 7.65. The van der Waals surface area contributed by atoms with Crippen LogP contribution in [0.3, 0.4) is 0 Å². The summed E-state index contributed by atoms with van der Waals surface area (Å²) in [7, 11) is 0. The lowest BCUT2D eigenvalue weighted by Gasteiger charge is -2.15. The molecule has 2 nitrogen and oxygen atoms in total. The lowest BCUT2D eigenvalue weighted by atomic mass is 10.1. The van der Waals surface area contributed by atoms with Crippen LogP contribution >= 0.6 is 22.6 Å². The molecular formula is C8H6F5IN2. The molecule has 16 heavy (non-hydrogen) atoms. The molecule has 0 bridgehead atoms. The smallest absolute Gasteiger partial charge is 0.325 e. The predicted molar refractivity (Wildman–Crippen MR) is 54.8 cm³/mol. The molecule has 0 spiro atoms. The van der Waals surface area contributed by atoms with Crippen molar-refractivity contribution in [2.75, 3.05) is 0 Å². The summed E-state index contributed by atoms with van der Waals surface area (Å²) in [5.74, 6) is 0. The quantitative estimate of drug-likeness (QED) is 0.505. The highest BCUT2D eigenvalue weighted by Gasteiger charge is 2.37. The SMILES string of the molecule is NCc1nc(I)cc(C(F)(F)F)c1C(F)F. The molecule has 1 aromatic rings. The van der Waals surface area contributed by atoms with E-state index in [1.807, 2.05) is 0 Å². The number of nitrogens with two attached hydrogens (primary N) is 1. The lowest BCUT2D eigenvalue weighted by molar-refractivity contribution is -0.139. The number of hydrogen-bond donors (Lipinski definition) is 1. The Morgan fingerprint density at radius 1 is 1.38 bits per heavy atom. The van der Waals surface area contributed by atoms with Crippen LogP contribution in [0, 0.1) is 3.70 Å². The summed E-state index contributed by atoms with van der Waals surface area (Å²) in [6.07, 6.45) is -8.09. The second-order valence-electron chi connectivity index (χ2n) is 2.86. The van der Waals surface area contributed by atoms with E-state index in [-0.39, 0.29) is 3.70 Å². The average Bonchev–Trinajstić information content (AvgIpc) is 2.14. The van der Waals surface area contributed by atoms with Gasteiger partial charge in [-0.05, 0) is 28.7 Å². The Bertz CT molecular complexity index is 391. The van der Waals surface area contributed by atoms with E-state index in [2.05, 4.69) is 4.98 Å². The maximum Gasteiger partial charge on any atom is 0.417 e. The minimum atomic E-state index is -4.83. The third-order valence-electron chi connectivity index (χ3n) is 1.82. The molecule has 0 aromatic carbocycles. The highest BCUT2D eigenvalue weighted by molar-refractivity contribution is 14.1. The molecule has 0 radical (unpaired) electrons. The molecule has 0 saturated carbocycles. The Balaban J connectivity index is 3.51. The van der Waals surface area contributed by atoms with Gasteiger partial charge in [-0.25, -0.2) is 13.8 Å². The van der Waals surface area contributed by atoms with Crippen molar-refractivity contribution < 1.29 is 22.0 Å². The zero-order chi connectivity index (χ0) is 12.5. The Morgan fingerprint density at radius 2 is 1.94 bits per heavy atom. The first-order valence-electron chi connectivity index (χ1n) is 4.02. The third kappa shape index (κ3) is 2.78. The summed E-state index contributed by atoms with van der Waals surface area (Å²) in [5, 5.41) is 0. The van der Waals surface area contributed by atoms with E-state index in [9.17, 15) is 22.0 Å². The van der Waals surface area contributed by atoms with E-state index >= 15 is 0 Å². The van der Waals surface area contributed by atoms with Gasteiger partial charge in [-0.15, -0.1) is 0 Å². The molecule has 1 rings (SSSR count). The van der Waals surface area contributed by atoms with Crippen LogP contribution in [0.1, 0.15) is 23.2 Å². The molecule has 0 unspecified atom stereocenters. The predicted octanol–water partition coefficient (Wildman–Crippen LogP) is 3.10. The monoisotopic (exact) mass is 352 g/mol. The Kier molecular flexibility index (Phi) is 4.05. The van der Waals surface area contributed by atoms with Gasteiger partial charge in [0.25, 0.3) is 6.43 Å². The number of pyridine rings is 1. The molecule has 0 atom stereocenters. The maximum absolute atomic E-state index is 12.5. The van der Waals surface area contributed by atoms with Crippen molar-refractivity contribution in [2.24, 2.45) is 5.73 Å². The topological polar surface area (TPSA) is 38.9 Å². The summed E-state index contributed by atoms with van der Waals surface area (Å²) < 4.78 is 62.6. The van der Waals surface area contributed by atoms with Crippen LogP contribution in [0.15, 0.2) is 6.07 Å². The molecule has 1 heterocycles. The van der Waals surface area contributed by atoms with Crippen LogP contribution < -0.4 is 5.73 Å². The van der Waals surface area contributed by atoms with Crippen molar-refractivity contribution in [3.8, 4) is 0 Å². The summed E-state index contributed by atoms with van der Waals surface area (Å²) in [6.45, 7) is -0.459. The van der Waals surface area contributed by atoms with Crippen LogP contribution in [0.25, 0.3) is 0 Å². The normalized spacial score (nSPS) is 12.2. The largest absolute Gasteiger partial charge is 0.417 e. The van der Waals surface area contributed by atoms with E-state index in [1.165, 1.54) is 22.6 Å². The summed E-state index contributed by atoms with van der Waals surface area (Å²) >= 11 is 1.52. The van der Waals surface area contributed by atoms with E-state index in [1.54, 1.807) is 0 Å². The van der Waals surface area contributed by atoms with Crippen LogP contribution in [0.4, 0.5) is 22.0 Å². The standard InChI is InChI=1S/C8H6F5IN2/c9-7(10)6-3(8(11,12)13)1-5(14)16-4(6)2-15/h1,7H,2,15H2. The molecule has 1 aromatic heterocycles. The van der Waals surface area contributed by atoms with Crippen molar-refractivity contribution in [2.45, 2.75) is 19.1 Å². The van der Waals surface area contributed by atoms with E-state index < -0.39 is 36.0 Å². The second-order valence-corrected chi connectivity index (χ2v) is 3.96. The number of nitrogens with zero attached hydrogens (tertiary/aromatic N) is 1. The average molecular weight is 352 g/mol. The molecule has 0 aliphatic heterocycles. The summed E-state index contributed by atoms with van der Waals surface area (Å²) in [6, 6.07) is 0.585. The van der Waals surface area contributed by atoms with Crippen LogP contribution in [0.5, 0.6) is 0 Å². The molecule has 0 aliphatic rings. The molecule has 0 saturated heterocycles. The van der Waals surface area contributed by atoms with E-state index in [0.717, 1.165) is 0 Å². The molecule has 8 heteroatoms. The first-order chi connectivity index (χ1) is 7.27. The molecule has 0 amide bonds. The van der Waals surface area contributed by atoms with Crippen molar-refractivity contribution in [1.82, 2.24) is 4.98 Å². The minimum Gasteiger partial charge on any atom is -0.325 e. The zero-order valence-corrected chi connectivity index (χ0v) is 9.81. The van der Waals surface area contributed by atoms with Gasteiger partial charge >= 0.3 is 6.18 Å². The molecule has 0 fully saturated rings. The molecule has 90 valence electrons. The molecule has 2 N–H and O–H groups in total. The van der Waals surface area contributed by atoms with Gasteiger partial charge in [0.2, 0.25) is 0 Å². The third-order valence-corrected chi connectivity index (χ3v) is 2.38. The maximum atomic E-state index is 12.5. The first kappa shape index (κ1) is 13.6. The fraction of sp³-hybridized carbons (Fsp3) is 0.375. The number of halogens is 6. The van der Waals surface area contributed by atoms with Gasteiger partial charge < -0.3 is 5.73 Å². The first-order valence-corrected chi connectivity index (χ1v) is 5.10. The second kappa shape index (κ2) is 4.78. The van der Waals surface area contributed by atoms with Crippen LogP contribution in [-0.4, -0.2) is 4.98 Å². The van der Waals surface area contributed by atoms with E-state index in [0.29, 0.717) is 6.07 Å². The lowest BCUT2D eigenvalue weighted by Crippen LogP contribution is -2.16. The van der Waals surface area contributed by atoms with Gasteiger partial charge in [-0.1, -0.05) is 0 Å². The van der Waals surface area contributed by atoms with Crippen molar-refractivity contribution in [1.29, 1.82) is 0 Å². The number of alkyl halides is 5. The van der Waals surface area contributed by atoms with E-state index in [4.69, 9.17) is 5.73 Å². The minimum absolute atomic E-state index is 0.0187. The summed E-state index contributed by atoms with van der Waals surface area (Å²) in [4.78, 5) is 3.57. The fourth-order valence-electron chi connectivity index (χ4n) is 1.21. The Labute approximate surface area is 101 Å². The highest BCUT2D eigenvalue weighted by Crippen LogP contribution is 2.38. The summed E-state index contributed by atoms with van der Waals surface area (Å²) in [5.41, 5.74) is 2.18. The van der Waals surface area contributed by atoms with Crippen LogP contribution in [0.2, 0.25) is 0 Å². The molecule has 0 aliphatic carbocycles. The Morgan fingerprint density at radius 3 is 2.31 bits per heavy atom. The van der Waals surface area contributed by atoms with Gasteiger partial charge in [0.1, 0.15) is 3.70 Å². The highest BCUT2D eigenvalue weighted by atomic mass is 127. The molecular weight excluding hydrogens is 346 g/mol. The number of hydrogen-bond acceptors (Lipinski definition) is 2. The Hall–Kier alpha value is -0.510. The van der Waals surface area contributed by atoms with Gasteiger partial charge in [0.05, 0.1) is 16.8 Å². The van der Waals surface area contributed by atoms with Gasteiger partial charge in [-0.3, -0.25) is 0 Å². The number of rotatable bonds is 2.